The summed E-state index contributed by atoms with van der Waals surface area (Å²) < 4.78 is 22.3. The molecule has 0 fully saturated rings. The Morgan fingerprint density at radius 3 is 2.56 bits per heavy atom. The predicted octanol–water partition coefficient (Wildman–Crippen LogP) is 2.61. The van der Waals surface area contributed by atoms with Crippen LogP contribution in [0.5, 0.6) is 0 Å². The SMILES string of the molecule is CC(C)(CCS(C)(=O)=O)CNc1ccc(Cl)cn1. The van der Waals surface area contributed by atoms with Crippen molar-refractivity contribution in [1.29, 1.82) is 0 Å². The Kier molecular flexibility index (Phi) is 4.99. The molecule has 1 aromatic heterocycles. The molecule has 0 saturated carbocycles. The molecule has 18 heavy (non-hydrogen) atoms. The van der Waals surface area contributed by atoms with Crippen LogP contribution in [0.1, 0.15) is 20.3 Å². The fourth-order valence-electron chi connectivity index (χ4n) is 1.36. The van der Waals surface area contributed by atoms with E-state index in [9.17, 15) is 8.42 Å². The average Bonchev–Trinajstić information content (AvgIpc) is 2.25. The van der Waals surface area contributed by atoms with Crippen LogP contribution in [0.4, 0.5) is 5.82 Å². The normalized spacial score (nSPS) is 12.4. The number of halogens is 1. The van der Waals surface area contributed by atoms with Gasteiger partial charge in [-0.05, 0) is 24.0 Å². The number of nitrogens with one attached hydrogen (secondary N) is 1. The minimum absolute atomic E-state index is 0.107. The molecule has 0 amide bonds. The van der Waals surface area contributed by atoms with Crippen molar-refractivity contribution in [3.63, 3.8) is 0 Å². The summed E-state index contributed by atoms with van der Waals surface area (Å²) in [4.78, 5) is 4.13. The van der Waals surface area contributed by atoms with Gasteiger partial charge in [-0.3, -0.25) is 0 Å². The first-order valence-electron chi connectivity index (χ1n) is 5.71. The molecule has 0 saturated heterocycles. The Hall–Kier alpha value is -0.810. The Balaban J connectivity index is 2.48. The molecule has 4 nitrogen and oxygen atoms in total. The molecule has 0 unspecified atom stereocenters. The van der Waals surface area contributed by atoms with E-state index in [0.717, 1.165) is 5.82 Å². The van der Waals surface area contributed by atoms with Crippen LogP contribution in [-0.2, 0) is 9.84 Å². The van der Waals surface area contributed by atoms with Crippen molar-refractivity contribution in [2.75, 3.05) is 23.9 Å². The van der Waals surface area contributed by atoms with E-state index in [1.54, 1.807) is 18.3 Å². The smallest absolute Gasteiger partial charge is 0.147 e. The highest BCUT2D eigenvalue weighted by atomic mass is 35.5. The van der Waals surface area contributed by atoms with E-state index < -0.39 is 9.84 Å². The molecule has 1 rings (SSSR count). The Morgan fingerprint density at radius 1 is 1.39 bits per heavy atom. The first-order valence-corrected chi connectivity index (χ1v) is 8.15. The van der Waals surface area contributed by atoms with Gasteiger partial charge in [-0.15, -0.1) is 0 Å². The highest BCUT2D eigenvalue weighted by molar-refractivity contribution is 7.90. The van der Waals surface area contributed by atoms with Gasteiger partial charge in [0, 0.05) is 19.0 Å². The summed E-state index contributed by atoms with van der Waals surface area (Å²) in [6.45, 7) is 4.72. The summed E-state index contributed by atoms with van der Waals surface area (Å²) in [6, 6.07) is 3.56. The highest BCUT2D eigenvalue weighted by Gasteiger charge is 2.20. The van der Waals surface area contributed by atoms with Crippen LogP contribution < -0.4 is 5.32 Å². The van der Waals surface area contributed by atoms with Gasteiger partial charge in [0.1, 0.15) is 15.7 Å². The average molecular weight is 291 g/mol. The van der Waals surface area contributed by atoms with Gasteiger partial charge in [-0.2, -0.15) is 0 Å². The molecule has 0 aliphatic heterocycles. The van der Waals surface area contributed by atoms with Crippen molar-refractivity contribution < 1.29 is 8.42 Å². The Bertz CT molecular complexity index is 483. The zero-order valence-electron chi connectivity index (χ0n) is 10.9. The highest BCUT2D eigenvalue weighted by Crippen LogP contribution is 2.21. The van der Waals surface area contributed by atoms with Crippen molar-refractivity contribution in [2.45, 2.75) is 20.3 Å². The van der Waals surface area contributed by atoms with Crippen LogP contribution in [-0.4, -0.2) is 32.0 Å². The van der Waals surface area contributed by atoms with Crippen LogP contribution in [0, 0.1) is 5.41 Å². The third kappa shape index (κ3) is 6.21. The number of nitrogens with zero attached hydrogens (tertiary/aromatic N) is 1. The Labute approximate surface area is 114 Å². The number of sulfone groups is 1. The number of anilines is 1. The van der Waals surface area contributed by atoms with E-state index in [-0.39, 0.29) is 11.2 Å². The number of hydrogen-bond acceptors (Lipinski definition) is 4. The molecule has 1 heterocycles. The maximum absolute atomic E-state index is 11.1. The van der Waals surface area contributed by atoms with Gasteiger partial charge in [-0.1, -0.05) is 25.4 Å². The summed E-state index contributed by atoms with van der Waals surface area (Å²) >= 11 is 5.74. The van der Waals surface area contributed by atoms with Crippen molar-refractivity contribution in [1.82, 2.24) is 4.98 Å². The summed E-state index contributed by atoms with van der Waals surface area (Å²) in [5.41, 5.74) is -0.107. The molecule has 0 aromatic carbocycles. The molecule has 0 bridgehead atoms. The monoisotopic (exact) mass is 290 g/mol. The maximum atomic E-state index is 11.1. The van der Waals surface area contributed by atoms with E-state index in [4.69, 9.17) is 11.6 Å². The van der Waals surface area contributed by atoms with E-state index in [0.29, 0.717) is 18.0 Å². The van der Waals surface area contributed by atoms with Gasteiger partial charge < -0.3 is 5.32 Å². The minimum atomic E-state index is -2.91. The summed E-state index contributed by atoms with van der Waals surface area (Å²) in [5, 5.41) is 3.78. The van der Waals surface area contributed by atoms with Crippen molar-refractivity contribution in [3.05, 3.63) is 23.4 Å². The molecule has 6 heteroatoms. The molecule has 1 aromatic rings. The second-order valence-corrected chi connectivity index (χ2v) is 7.96. The van der Waals surface area contributed by atoms with Gasteiger partial charge in [0.15, 0.2) is 0 Å². The number of hydrogen-bond donors (Lipinski definition) is 1. The maximum Gasteiger partial charge on any atom is 0.147 e. The summed E-state index contributed by atoms with van der Waals surface area (Å²) in [6.07, 6.45) is 3.46. The molecule has 102 valence electrons. The predicted molar refractivity (Wildman–Crippen MR) is 75.8 cm³/mol. The largest absolute Gasteiger partial charge is 0.370 e. The van der Waals surface area contributed by atoms with Crippen LogP contribution >= 0.6 is 11.6 Å². The molecule has 0 radical (unpaired) electrons. The van der Waals surface area contributed by atoms with E-state index in [2.05, 4.69) is 10.3 Å². The lowest BCUT2D eigenvalue weighted by atomic mass is 9.90. The quantitative estimate of drug-likeness (QED) is 0.875. The molecule has 0 spiro atoms. The van der Waals surface area contributed by atoms with Crippen LogP contribution in [0.15, 0.2) is 18.3 Å². The van der Waals surface area contributed by atoms with Gasteiger partial charge >= 0.3 is 0 Å². The van der Waals surface area contributed by atoms with E-state index >= 15 is 0 Å². The van der Waals surface area contributed by atoms with Crippen molar-refractivity contribution in [2.24, 2.45) is 5.41 Å². The van der Waals surface area contributed by atoms with Gasteiger partial charge in [0.05, 0.1) is 10.8 Å². The van der Waals surface area contributed by atoms with Crippen molar-refractivity contribution in [3.8, 4) is 0 Å². The fraction of sp³-hybridized carbons (Fsp3) is 0.583. The summed E-state index contributed by atoms with van der Waals surface area (Å²) in [5.74, 6) is 0.947. The van der Waals surface area contributed by atoms with E-state index in [1.165, 1.54) is 6.26 Å². The first-order chi connectivity index (χ1) is 8.18. The number of pyridine rings is 1. The third-order valence-corrected chi connectivity index (χ3v) is 3.79. The number of aromatic nitrogens is 1. The lowest BCUT2D eigenvalue weighted by Gasteiger charge is -2.24. The second-order valence-electron chi connectivity index (χ2n) is 5.26. The standard InChI is InChI=1S/C12H19ClN2O2S/c1-12(2,6-7-18(3,16)17)9-15-11-5-4-10(13)8-14-11/h4-5,8H,6-7,9H2,1-3H3,(H,14,15). The fourth-order valence-corrected chi connectivity index (χ4v) is 2.40. The first kappa shape index (κ1) is 15.2. The lowest BCUT2D eigenvalue weighted by Crippen LogP contribution is -2.26. The van der Waals surface area contributed by atoms with Crippen molar-refractivity contribution >= 4 is 27.3 Å². The zero-order valence-corrected chi connectivity index (χ0v) is 12.5. The van der Waals surface area contributed by atoms with Gasteiger partial charge in [0.2, 0.25) is 0 Å². The molecule has 0 aliphatic carbocycles. The van der Waals surface area contributed by atoms with Gasteiger partial charge in [0.25, 0.3) is 0 Å². The molecule has 0 aliphatic rings. The Morgan fingerprint density at radius 2 is 2.06 bits per heavy atom. The lowest BCUT2D eigenvalue weighted by molar-refractivity contribution is 0.376. The van der Waals surface area contributed by atoms with Crippen LogP contribution in [0.2, 0.25) is 5.02 Å². The topological polar surface area (TPSA) is 59.1 Å². The summed E-state index contributed by atoms with van der Waals surface area (Å²) in [7, 11) is -2.91. The molecular formula is C12H19ClN2O2S. The van der Waals surface area contributed by atoms with Crippen LogP contribution in [0.3, 0.4) is 0 Å². The molecular weight excluding hydrogens is 272 g/mol. The number of rotatable bonds is 6. The molecule has 1 N–H and O–H groups in total. The van der Waals surface area contributed by atoms with E-state index in [1.807, 2.05) is 13.8 Å². The second kappa shape index (κ2) is 5.89. The van der Waals surface area contributed by atoms with Gasteiger partial charge in [-0.25, -0.2) is 13.4 Å². The zero-order chi connectivity index (χ0) is 13.8. The minimum Gasteiger partial charge on any atom is -0.370 e. The van der Waals surface area contributed by atoms with Crippen LogP contribution in [0.25, 0.3) is 0 Å². The third-order valence-electron chi connectivity index (χ3n) is 2.63. The molecule has 0 atom stereocenters.